The van der Waals surface area contributed by atoms with E-state index < -0.39 is 0 Å². The van der Waals surface area contributed by atoms with Crippen molar-refractivity contribution in [2.45, 2.75) is 6.92 Å². The molecule has 0 aliphatic heterocycles. The third-order valence-electron chi connectivity index (χ3n) is 3.19. The summed E-state index contributed by atoms with van der Waals surface area (Å²) in [5.74, 6) is 1.12. The van der Waals surface area contributed by atoms with Crippen LogP contribution >= 0.6 is 11.6 Å². The van der Waals surface area contributed by atoms with Crippen molar-refractivity contribution in [2.75, 3.05) is 32.2 Å². The lowest BCUT2D eigenvalue weighted by Gasteiger charge is -2.10. The quantitative estimate of drug-likeness (QED) is 0.738. The van der Waals surface area contributed by atoms with E-state index in [1.54, 1.807) is 49.6 Å². The third kappa shape index (κ3) is 5.76. The molecule has 0 heterocycles. The van der Waals surface area contributed by atoms with Crippen LogP contribution in [-0.2, 0) is 9.53 Å². The number of halogens is 1. The number of carbonyl (C=O) groups excluding carboxylic acids is 1. The molecular formula is C18H20ClNO4. The number of ether oxygens (including phenoxy) is 3. The summed E-state index contributed by atoms with van der Waals surface area (Å²) in [6, 6.07) is 12.4. The second-order valence-corrected chi connectivity index (χ2v) is 5.55. The van der Waals surface area contributed by atoms with Crippen LogP contribution in [0, 0.1) is 6.92 Å². The van der Waals surface area contributed by atoms with Crippen LogP contribution in [0.3, 0.4) is 0 Å². The average molecular weight is 350 g/mol. The second kappa shape index (κ2) is 9.15. The maximum atomic E-state index is 11.9. The van der Waals surface area contributed by atoms with E-state index in [0.717, 1.165) is 11.3 Å². The van der Waals surface area contributed by atoms with Gasteiger partial charge in [-0.05, 0) is 55.0 Å². The molecule has 128 valence electrons. The first-order valence-electron chi connectivity index (χ1n) is 7.49. The van der Waals surface area contributed by atoms with Crippen molar-refractivity contribution in [1.29, 1.82) is 0 Å². The van der Waals surface area contributed by atoms with Gasteiger partial charge in [-0.3, -0.25) is 4.79 Å². The number of amides is 1. The Balaban J connectivity index is 1.81. The van der Waals surface area contributed by atoms with Crippen LogP contribution in [0.2, 0.25) is 5.02 Å². The minimum absolute atomic E-state index is 0.0748. The van der Waals surface area contributed by atoms with Crippen LogP contribution < -0.4 is 14.8 Å². The molecule has 0 spiro atoms. The highest BCUT2D eigenvalue weighted by molar-refractivity contribution is 6.30. The number of anilines is 1. The zero-order valence-electron chi connectivity index (χ0n) is 13.7. The number of benzene rings is 2. The molecule has 24 heavy (non-hydrogen) atoms. The predicted molar refractivity (Wildman–Crippen MR) is 94.1 cm³/mol. The van der Waals surface area contributed by atoms with E-state index in [1.807, 2.05) is 6.92 Å². The van der Waals surface area contributed by atoms with Gasteiger partial charge in [0, 0.05) is 17.8 Å². The molecule has 0 aliphatic rings. The third-order valence-corrected chi connectivity index (χ3v) is 3.43. The standard InChI is InChI=1S/C18H20ClNO4/c1-13-11-14(19)3-8-17(13)24-12-18(21)20-15-4-6-16(7-5-15)23-10-9-22-2/h3-8,11H,9-10,12H2,1-2H3,(H,20,21). The fraction of sp³-hybridized carbons (Fsp3) is 0.278. The number of carbonyl (C=O) groups is 1. The number of aryl methyl sites for hydroxylation is 1. The molecule has 0 fully saturated rings. The van der Waals surface area contributed by atoms with Crippen LogP contribution in [0.5, 0.6) is 11.5 Å². The fourth-order valence-corrected chi connectivity index (χ4v) is 2.22. The number of rotatable bonds is 8. The Labute approximate surface area is 146 Å². The monoisotopic (exact) mass is 349 g/mol. The number of nitrogens with one attached hydrogen (secondary N) is 1. The van der Waals surface area contributed by atoms with Crippen LogP contribution in [0.1, 0.15) is 5.56 Å². The molecule has 0 unspecified atom stereocenters. The van der Waals surface area contributed by atoms with Gasteiger partial charge in [-0.25, -0.2) is 0 Å². The van der Waals surface area contributed by atoms with E-state index in [4.69, 9.17) is 25.8 Å². The summed E-state index contributed by atoms with van der Waals surface area (Å²) in [7, 11) is 1.62. The topological polar surface area (TPSA) is 56.8 Å². The molecule has 0 radical (unpaired) electrons. The van der Waals surface area contributed by atoms with Crippen molar-refractivity contribution in [3.8, 4) is 11.5 Å². The lowest BCUT2D eigenvalue weighted by Crippen LogP contribution is -2.20. The van der Waals surface area contributed by atoms with E-state index in [0.29, 0.717) is 29.7 Å². The van der Waals surface area contributed by atoms with Crippen molar-refractivity contribution in [3.63, 3.8) is 0 Å². The molecule has 1 N–H and O–H groups in total. The van der Waals surface area contributed by atoms with Gasteiger partial charge in [-0.15, -0.1) is 0 Å². The molecule has 2 aromatic rings. The molecule has 1 amide bonds. The van der Waals surface area contributed by atoms with Crippen LogP contribution in [-0.4, -0.2) is 32.8 Å². The Morgan fingerprint density at radius 1 is 1.08 bits per heavy atom. The Hall–Kier alpha value is -2.24. The Morgan fingerprint density at radius 2 is 1.83 bits per heavy atom. The van der Waals surface area contributed by atoms with E-state index in [-0.39, 0.29) is 12.5 Å². The van der Waals surface area contributed by atoms with E-state index >= 15 is 0 Å². The highest BCUT2D eigenvalue weighted by Gasteiger charge is 2.06. The molecular weight excluding hydrogens is 330 g/mol. The summed E-state index contributed by atoms with van der Waals surface area (Å²) >= 11 is 5.89. The Morgan fingerprint density at radius 3 is 2.50 bits per heavy atom. The molecule has 2 rings (SSSR count). The van der Waals surface area contributed by atoms with Gasteiger partial charge in [0.25, 0.3) is 5.91 Å². The van der Waals surface area contributed by atoms with Gasteiger partial charge in [-0.1, -0.05) is 11.6 Å². The van der Waals surface area contributed by atoms with Gasteiger partial charge in [0.1, 0.15) is 18.1 Å². The number of hydrogen-bond donors (Lipinski definition) is 1. The van der Waals surface area contributed by atoms with Gasteiger partial charge >= 0.3 is 0 Å². The highest BCUT2D eigenvalue weighted by atomic mass is 35.5. The summed E-state index contributed by atoms with van der Waals surface area (Å²) < 4.78 is 15.9. The van der Waals surface area contributed by atoms with Gasteiger partial charge in [0.05, 0.1) is 6.61 Å². The van der Waals surface area contributed by atoms with Crippen molar-refractivity contribution in [2.24, 2.45) is 0 Å². The van der Waals surface area contributed by atoms with Gasteiger partial charge < -0.3 is 19.5 Å². The van der Waals surface area contributed by atoms with E-state index in [1.165, 1.54) is 0 Å². The summed E-state index contributed by atoms with van der Waals surface area (Å²) in [6.45, 7) is 2.81. The minimum Gasteiger partial charge on any atom is -0.491 e. The summed E-state index contributed by atoms with van der Waals surface area (Å²) in [5, 5.41) is 3.40. The van der Waals surface area contributed by atoms with Crippen molar-refractivity contribution < 1.29 is 19.0 Å². The molecule has 0 atom stereocenters. The first-order valence-corrected chi connectivity index (χ1v) is 7.87. The average Bonchev–Trinajstić information content (AvgIpc) is 2.56. The van der Waals surface area contributed by atoms with Crippen LogP contribution in [0.25, 0.3) is 0 Å². The molecule has 0 aliphatic carbocycles. The van der Waals surface area contributed by atoms with Gasteiger partial charge in [0.15, 0.2) is 6.61 Å². The smallest absolute Gasteiger partial charge is 0.262 e. The van der Waals surface area contributed by atoms with Crippen molar-refractivity contribution >= 4 is 23.2 Å². The summed E-state index contributed by atoms with van der Waals surface area (Å²) in [6.07, 6.45) is 0. The normalized spacial score (nSPS) is 10.3. The van der Waals surface area contributed by atoms with Crippen LogP contribution in [0.4, 0.5) is 5.69 Å². The SMILES string of the molecule is COCCOc1ccc(NC(=O)COc2ccc(Cl)cc2C)cc1. The molecule has 2 aromatic carbocycles. The molecule has 0 aromatic heterocycles. The predicted octanol–water partition coefficient (Wildman–Crippen LogP) is 3.69. The molecule has 0 bridgehead atoms. The molecule has 0 saturated heterocycles. The maximum absolute atomic E-state index is 11.9. The molecule has 6 heteroatoms. The molecule has 0 saturated carbocycles. The van der Waals surface area contributed by atoms with Crippen molar-refractivity contribution in [1.82, 2.24) is 0 Å². The Bertz CT molecular complexity index is 673. The Kier molecular flexibility index (Phi) is 6.90. The second-order valence-electron chi connectivity index (χ2n) is 5.11. The highest BCUT2D eigenvalue weighted by Crippen LogP contribution is 2.22. The fourth-order valence-electron chi connectivity index (χ4n) is 1.99. The molecule has 5 nitrogen and oxygen atoms in total. The zero-order chi connectivity index (χ0) is 17.4. The number of methoxy groups -OCH3 is 1. The minimum atomic E-state index is -0.239. The lowest BCUT2D eigenvalue weighted by molar-refractivity contribution is -0.118. The van der Waals surface area contributed by atoms with E-state index in [9.17, 15) is 4.79 Å². The number of hydrogen-bond acceptors (Lipinski definition) is 4. The lowest BCUT2D eigenvalue weighted by atomic mass is 10.2. The van der Waals surface area contributed by atoms with Crippen molar-refractivity contribution in [3.05, 3.63) is 53.1 Å². The largest absolute Gasteiger partial charge is 0.491 e. The van der Waals surface area contributed by atoms with Gasteiger partial charge in [-0.2, -0.15) is 0 Å². The summed E-state index contributed by atoms with van der Waals surface area (Å²) in [5.41, 5.74) is 1.56. The first kappa shape index (κ1) is 18.1. The van der Waals surface area contributed by atoms with E-state index in [2.05, 4.69) is 5.32 Å². The zero-order valence-corrected chi connectivity index (χ0v) is 14.4. The van der Waals surface area contributed by atoms with Gasteiger partial charge in [0.2, 0.25) is 0 Å². The van der Waals surface area contributed by atoms with Crippen LogP contribution in [0.15, 0.2) is 42.5 Å². The summed E-state index contributed by atoms with van der Waals surface area (Å²) in [4.78, 5) is 11.9. The first-order chi connectivity index (χ1) is 11.6. The maximum Gasteiger partial charge on any atom is 0.262 e.